The van der Waals surface area contributed by atoms with Crippen LogP contribution in [0.4, 0.5) is 5.95 Å². The zero-order chi connectivity index (χ0) is 12.6. The molecule has 17 heavy (non-hydrogen) atoms. The third-order valence-electron chi connectivity index (χ3n) is 2.49. The van der Waals surface area contributed by atoms with Gasteiger partial charge in [0.25, 0.3) is 0 Å². The molecule has 0 unspecified atom stereocenters. The molecule has 90 valence electrons. The quantitative estimate of drug-likeness (QED) is 0.832. The van der Waals surface area contributed by atoms with Crippen molar-refractivity contribution in [1.82, 2.24) is 9.55 Å². The Kier molecular flexibility index (Phi) is 2.66. The van der Waals surface area contributed by atoms with Crippen LogP contribution in [0.2, 0.25) is 0 Å². The zero-order valence-electron chi connectivity index (χ0n) is 9.42. The Bertz CT molecular complexity index is 686. The maximum Gasteiger partial charge on any atom is 0.201 e. The van der Waals surface area contributed by atoms with E-state index in [-0.39, 0.29) is 4.90 Å². The van der Waals surface area contributed by atoms with E-state index in [0.717, 1.165) is 11.8 Å². The second kappa shape index (κ2) is 3.89. The molecular formula is C11H13N3O2S. The Morgan fingerprint density at radius 2 is 2.24 bits per heavy atom. The van der Waals surface area contributed by atoms with E-state index in [1.165, 1.54) is 6.07 Å². The molecule has 0 radical (unpaired) electrons. The molecule has 5 nitrogen and oxygen atoms in total. The minimum Gasteiger partial charge on any atom is -0.369 e. The van der Waals surface area contributed by atoms with E-state index in [1.54, 1.807) is 22.8 Å². The number of nitrogen functional groups attached to an aromatic ring is 1. The Hall–Kier alpha value is -1.82. The monoisotopic (exact) mass is 251 g/mol. The summed E-state index contributed by atoms with van der Waals surface area (Å²) in [5.74, 6) is 0.352. The van der Waals surface area contributed by atoms with Crippen molar-refractivity contribution in [2.24, 2.45) is 0 Å². The molecule has 2 aromatic rings. The van der Waals surface area contributed by atoms with Crippen LogP contribution in [-0.4, -0.2) is 24.2 Å². The van der Waals surface area contributed by atoms with Crippen molar-refractivity contribution in [3.63, 3.8) is 0 Å². The molecule has 0 aliphatic heterocycles. The van der Waals surface area contributed by atoms with Gasteiger partial charge in [0, 0.05) is 12.8 Å². The smallest absolute Gasteiger partial charge is 0.201 e. The second-order valence-electron chi connectivity index (χ2n) is 3.79. The lowest BCUT2D eigenvalue weighted by Gasteiger charge is -2.02. The fourth-order valence-electron chi connectivity index (χ4n) is 1.68. The van der Waals surface area contributed by atoms with Gasteiger partial charge in [-0.1, -0.05) is 6.08 Å². The fraction of sp³-hybridized carbons (Fsp3) is 0.182. The number of hydrogen-bond acceptors (Lipinski definition) is 4. The summed E-state index contributed by atoms with van der Waals surface area (Å²) in [6.07, 6.45) is 2.88. The highest BCUT2D eigenvalue weighted by molar-refractivity contribution is 7.90. The fourth-order valence-corrected chi connectivity index (χ4v) is 2.32. The highest BCUT2D eigenvalue weighted by Crippen LogP contribution is 2.21. The summed E-state index contributed by atoms with van der Waals surface area (Å²) in [6, 6.07) is 4.79. The molecule has 0 aliphatic carbocycles. The molecule has 6 heteroatoms. The molecule has 0 fully saturated rings. The van der Waals surface area contributed by atoms with Gasteiger partial charge in [0.15, 0.2) is 9.84 Å². The lowest BCUT2D eigenvalue weighted by Crippen LogP contribution is -2.01. The average Bonchev–Trinajstić information content (AvgIpc) is 2.54. The lowest BCUT2D eigenvalue weighted by atomic mass is 10.3. The topological polar surface area (TPSA) is 78.0 Å². The average molecular weight is 251 g/mol. The van der Waals surface area contributed by atoms with Crippen molar-refractivity contribution >= 4 is 26.8 Å². The lowest BCUT2D eigenvalue weighted by molar-refractivity contribution is 0.602. The van der Waals surface area contributed by atoms with Crippen molar-refractivity contribution in [3.05, 3.63) is 30.9 Å². The molecule has 0 spiro atoms. The molecule has 0 atom stereocenters. The van der Waals surface area contributed by atoms with E-state index >= 15 is 0 Å². The van der Waals surface area contributed by atoms with Crippen molar-refractivity contribution < 1.29 is 8.42 Å². The van der Waals surface area contributed by atoms with E-state index in [9.17, 15) is 8.42 Å². The van der Waals surface area contributed by atoms with Crippen LogP contribution in [0.5, 0.6) is 0 Å². The molecule has 2 N–H and O–H groups in total. The number of allylic oxidation sites excluding steroid dienone is 1. The van der Waals surface area contributed by atoms with Gasteiger partial charge in [0.2, 0.25) is 5.95 Å². The number of hydrogen-bond donors (Lipinski definition) is 1. The third kappa shape index (κ3) is 2.03. The minimum atomic E-state index is -3.22. The van der Waals surface area contributed by atoms with Crippen LogP contribution in [-0.2, 0) is 16.4 Å². The zero-order valence-corrected chi connectivity index (χ0v) is 10.2. The number of nitrogens with two attached hydrogens (primary N) is 1. The molecule has 2 rings (SSSR count). The van der Waals surface area contributed by atoms with Gasteiger partial charge in [-0.05, 0) is 18.2 Å². The summed E-state index contributed by atoms with van der Waals surface area (Å²) >= 11 is 0. The summed E-state index contributed by atoms with van der Waals surface area (Å²) in [6.45, 7) is 4.18. The molecule has 0 saturated heterocycles. The number of benzene rings is 1. The first-order valence-corrected chi connectivity index (χ1v) is 6.89. The molecule has 1 aromatic heterocycles. The highest BCUT2D eigenvalue weighted by Gasteiger charge is 2.12. The van der Waals surface area contributed by atoms with E-state index in [1.807, 2.05) is 0 Å². The molecular weight excluding hydrogens is 238 g/mol. The van der Waals surface area contributed by atoms with Gasteiger partial charge in [0.1, 0.15) is 0 Å². The number of sulfone groups is 1. The largest absolute Gasteiger partial charge is 0.369 e. The van der Waals surface area contributed by atoms with Crippen LogP contribution in [0.15, 0.2) is 35.7 Å². The summed E-state index contributed by atoms with van der Waals surface area (Å²) in [4.78, 5) is 4.38. The summed E-state index contributed by atoms with van der Waals surface area (Å²) in [5, 5.41) is 0. The molecule has 1 aromatic carbocycles. The number of rotatable bonds is 3. The van der Waals surface area contributed by atoms with Crippen LogP contribution in [0.1, 0.15) is 0 Å². The first kappa shape index (κ1) is 11.7. The van der Waals surface area contributed by atoms with Crippen LogP contribution < -0.4 is 5.73 Å². The number of imidazole rings is 1. The van der Waals surface area contributed by atoms with E-state index in [4.69, 9.17) is 5.73 Å². The van der Waals surface area contributed by atoms with Gasteiger partial charge in [-0.15, -0.1) is 6.58 Å². The van der Waals surface area contributed by atoms with Gasteiger partial charge >= 0.3 is 0 Å². The standard InChI is InChI=1S/C11H13N3O2S/c1-3-6-14-10-5-4-8(17(2,15)16)7-9(10)13-11(14)12/h3-5,7H,1,6H2,2H3,(H2,12,13). The van der Waals surface area contributed by atoms with Crippen molar-refractivity contribution in [2.75, 3.05) is 12.0 Å². The Balaban J connectivity index is 2.69. The summed E-state index contributed by atoms with van der Waals surface area (Å²) < 4.78 is 24.6. The van der Waals surface area contributed by atoms with Crippen molar-refractivity contribution in [1.29, 1.82) is 0 Å². The van der Waals surface area contributed by atoms with E-state index < -0.39 is 9.84 Å². The van der Waals surface area contributed by atoms with Crippen molar-refractivity contribution in [3.8, 4) is 0 Å². The van der Waals surface area contributed by atoms with Gasteiger partial charge in [-0.25, -0.2) is 13.4 Å². The molecule has 0 bridgehead atoms. The van der Waals surface area contributed by atoms with Crippen molar-refractivity contribution in [2.45, 2.75) is 11.4 Å². The number of nitrogens with zero attached hydrogens (tertiary/aromatic N) is 2. The molecule has 0 amide bonds. The maximum absolute atomic E-state index is 11.4. The van der Waals surface area contributed by atoms with Gasteiger partial charge in [-0.3, -0.25) is 0 Å². The SMILES string of the molecule is C=CCn1c(N)nc2cc(S(C)(=O)=O)ccc21. The Labute approximate surface area is 99.5 Å². The predicted octanol–water partition coefficient (Wildman–Crippen LogP) is 1.21. The number of aromatic nitrogens is 2. The van der Waals surface area contributed by atoms with Crippen LogP contribution in [0.3, 0.4) is 0 Å². The third-order valence-corrected chi connectivity index (χ3v) is 3.60. The molecule has 0 saturated carbocycles. The normalized spacial score (nSPS) is 11.8. The Morgan fingerprint density at radius 1 is 1.53 bits per heavy atom. The van der Waals surface area contributed by atoms with E-state index in [0.29, 0.717) is 18.0 Å². The first-order valence-electron chi connectivity index (χ1n) is 5.00. The van der Waals surface area contributed by atoms with Crippen LogP contribution in [0, 0.1) is 0 Å². The second-order valence-corrected chi connectivity index (χ2v) is 5.81. The van der Waals surface area contributed by atoms with Gasteiger partial charge in [0.05, 0.1) is 15.9 Å². The summed E-state index contributed by atoms with van der Waals surface area (Å²) in [5.41, 5.74) is 7.13. The predicted molar refractivity (Wildman–Crippen MR) is 67.5 cm³/mol. The van der Waals surface area contributed by atoms with Gasteiger partial charge < -0.3 is 10.3 Å². The maximum atomic E-state index is 11.4. The van der Waals surface area contributed by atoms with Crippen LogP contribution >= 0.6 is 0 Å². The number of anilines is 1. The van der Waals surface area contributed by atoms with Gasteiger partial charge in [-0.2, -0.15) is 0 Å². The Morgan fingerprint density at radius 3 is 2.82 bits per heavy atom. The summed E-state index contributed by atoms with van der Waals surface area (Å²) in [7, 11) is -3.22. The number of fused-ring (bicyclic) bond motifs is 1. The highest BCUT2D eigenvalue weighted by atomic mass is 32.2. The van der Waals surface area contributed by atoms with Crippen LogP contribution in [0.25, 0.3) is 11.0 Å². The molecule has 1 heterocycles. The van der Waals surface area contributed by atoms with E-state index in [2.05, 4.69) is 11.6 Å². The molecule has 0 aliphatic rings. The first-order chi connectivity index (χ1) is 7.93. The minimum absolute atomic E-state index is 0.244.